The molecule has 0 spiro atoms. The minimum atomic E-state index is -0.886. The molecule has 0 saturated carbocycles. The molecule has 0 radical (unpaired) electrons. The Morgan fingerprint density at radius 3 is 2.72 bits per heavy atom. The molecule has 0 aliphatic rings. The summed E-state index contributed by atoms with van der Waals surface area (Å²) < 4.78 is 25.5. The molecule has 0 saturated heterocycles. The summed E-state index contributed by atoms with van der Waals surface area (Å²) in [4.78, 5) is 11.9. The Morgan fingerprint density at radius 1 is 1.39 bits per heavy atom. The predicted octanol–water partition coefficient (Wildman–Crippen LogP) is 3.32. The molecule has 1 N–H and O–H groups in total. The second kappa shape index (κ2) is 7.38. The number of thioether (sulfide) groups is 1. The minimum absolute atomic E-state index is 0.160. The molecule has 6 heteroatoms. The van der Waals surface area contributed by atoms with Crippen molar-refractivity contribution >= 4 is 29.3 Å². The van der Waals surface area contributed by atoms with E-state index in [0.717, 1.165) is 12.1 Å². The van der Waals surface area contributed by atoms with Gasteiger partial charge in [-0.15, -0.1) is 11.8 Å². The van der Waals surface area contributed by atoms with Gasteiger partial charge in [-0.2, -0.15) is 0 Å². The second-order valence-corrected chi connectivity index (χ2v) is 5.17. The van der Waals surface area contributed by atoms with Crippen molar-refractivity contribution in [2.45, 2.75) is 11.3 Å². The van der Waals surface area contributed by atoms with E-state index in [9.17, 15) is 13.6 Å². The van der Waals surface area contributed by atoms with Crippen LogP contribution in [0.25, 0.3) is 0 Å². The van der Waals surface area contributed by atoms with Crippen molar-refractivity contribution in [3.8, 4) is 0 Å². The van der Waals surface area contributed by atoms with Crippen LogP contribution < -0.4 is 5.32 Å². The molecule has 1 rings (SSSR count). The fourth-order valence-electron chi connectivity index (χ4n) is 1.11. The summed E-state index contributed by atoms with van der Waals surface area (Å²) in [7, 11) is 0. The third-order valence-corrected chi connectivity index (χ3v) is 3.10. The summed E-state index contributed by atoms with van der Waals surface area (Å²) in [5.74, 6) is -1.45. The number of hydrogen-bond donors (Lipinski definition) is 1. The first kappa shape index (κ1) is 15.0. The largest absolute Gasteiger partial charge is 0.351 e. The molecular weight excluding hydrogens is 280 g/mol. The van der Waals surface area contributed by atoms with E-state index in [1.165, 1.54) is 17.8 Å². The molecule has 98 valence electrons. The van der Waals surface area contributed by atoms with E-state index in [1.807, 2.05) is 0 Å². The Hall–Kier alpha value is -1.07. The van der Waals surface area contributed by atoms with Crippen LogP contribution in [0.5, 0.6) is 0 Å². The Morgan fingerprint density at radius 2 is 2.11 bits per heavy atom. The predicted molar refractivity (Wildman–Crippen MR) is 69.7 cm³/mol. The first-order valence-corrected chi connectivity index (χ1v) is 6.53. The van der Waals surface area contributed by atoms with Crippen molar-refractivity contribution in [3.63, 3.8) is 0 Å². The van der Waals surface area contributed by atoms with Gasteiger partial charge in [0.05, 0.1) is 6.54 Å². The number of amides is 1. The number of carbonyl (C=O) groups is 1. The van der Waals surface area contributed by atoms with Gasteiger partial charge < -0.3 is 5.32 Å². The van der Waals surface area contributed by atoms with Gasteiger partial charge in [-0.3, -0.25) is 4.79 Å². The molecule has 0 heterocycles. The molecule has 18 heavy (non-hydrogen) atoms. The topological polar surface area (TPSA) is 29.1 Å². The van der Waals surface area contributed by atoms with Gasteiger partial charge in [0.25, 0.3) is 0 Å². The zero-order chi connectivity index (χ0) is 13.5. The normalized spacial score (nSPS) is 10.2. The number of carbonyl (C=O) groups excluding carboxylic acids is 1. The lowest BCUT2D eigenvalue weighted by Gasteiger charge is -2.04. The van der Waals surface area contributed by atoms with E-state index < -0.39 is 11.6 Å². The molecule has 0 aromatic heterocycles. The Bertz CT molecular complexity index is 454. The zero-order valence-corrected chi connectivity index (χ0v) is 11.1. The number of nitrogens with one attached hydrogen (secondary N) is 1. The number of hydrogen-bond acceptors (Lipinski definition) is 2. The monoisotopic (exact) mass is 291 g/mol. The molecule has 1 aromatic rings. The highest BCUT2D eigenvalue weighted by Crippen LogP contribution is 2.20. The average Bonchev–Trinajstić information content (AvgIpc) is 2.31. The molecule has 0 aliphatic carbocycles. The zero-order valence-electron chi connectivity index (χ0n) is 9.51. The number of rotatable bonds is 6. The smallest absolute Gasteiger partial charge is 0.221 e. The van der Waals surface area contributed by atoms with Gasteiger partial charge in [0.15, 0.2) is 11.6 Å². The standard InChI is InChI=1S/C12H12ClF2NOS/c1-8(13)7-16-12(17)4-5-18-9-2-3-10(14)11(15)6-9/h2-3,6H,1,4-5,7H2,(H,16,17). The maximum Gasteiger partial charge on any atom is 0.221 e. The van der Waals surface area contributed by atoms with Crippen molar-refractivity contribution in [3.05, 3.63) is 41.4 Å². The molecule has 0 fully saturated rings. The number of halogens is 3. The van der Waals surface area contributed by atoms with Crippen LogP contribution in [0, 0.1) is 11.6 Å². The first-order chi connectivity index (χ1) is 8.49. The molecule has 0 aliphatic heterocycles. The van der Waals surface area contributed by atoms with Gasteiger partial charge in [0, 0.05) is 22.1 Å². The fraction of sp³-hybridized carbons (Fsp3) is 0.250. The quantitative estimate of drug-likeness (QED) is 0.815. The van der Waals surface area contributed by atoms with Crippen molar-refractivity contribution in [2.75, 3.05) is 12.3 Å². The van der Waals surface area contributed by atoms with E-state index in [0.29, 0.717) is 15.7 Å². The highest BCUT2D eigenvalue weighted by atomic mass is 35.5. The maximum absolute atomic E-state index is 12.9. The van der Waals surface area contributed by atoms with Crippen molar-refractivity contribution in [2.24, 2.45) is 0 Å². The third-order valence-electron chi connectivity index (χ3n) is 1.97. The molecule has 0 atom stereocenters. The lowest BCUT2D eigenvalue weighted by Crippen LogP contribution is -2.24. The van der Waals surface area contributed by atoms with E-state index >= 15 is 0 Å². The molecule has 0 bridgehead atoms. The first-order valence-electron chi connectivity index (χ1n) is 5.17. The van der Waals surface area contributed by atoms with Gasteiger partial charge in [-0.05, 0) is 18.2 Å². The summed E-state index contributed by atoms with van der Waals surface area (Å²) in [6, 6.07) is 3.65. The Balaban J connectivity index is 2.30. The molecule has 1 amide bonds. The SMILES string of the molecule is C=C(Cl)CNC(=O)CCSc1ccc(F)c(F)c1. The van der Waals surface area contributed by atoms with Crippen molar-refractivity contribution < 1.29 is 13.6 Å². The highest BCUT2D eigenvalue weighted by molar-refractivity contribution is 7.99. The summed E-state index contributed by atoms with van der Waals surface area (Å²) in [5, 5.41) is 2.93. The van der Waals surface area contributed by atoms with Crippen LogP contribution in [0.15, 0.2) is 34.7 Å². The summed E-state index contributed by atoms with van der Waals surface area (Å²) >= 11 is 6.78. The second-order valence-electron chi connectivity index (χ2n) is 3.47. The lowest BCUT2D eigenvalue weighted by atomic mass is 10.3. The Labute approximate surface area is 113 Å². The van der Waals surface area contributed by atoms with Gasteiger partial charge in [-0.25, -0.2) is 8.78 Å². The molecule has 0 unspecified atom stereocenters. The molecule has 2 nitrogen and oxygen atoms in total. The van der Waals surface area contributed by atoms with Crippen LogP contribution in [0.2, 0.25) is 0 Å². The summed E-state index contributed by atoms with van der Waals surface area (Å²) in [6.45, 7) is 3.67. The van der Waals surface area contributed by atoms with E-state index in [-0.39, 0.29) is 18.9 Å². The van der Waals surface area contributed by atoms with E-state index in [1.54, 1.807) is 0 Å². The highest BCUT2D eigenvalue weighted by Gasteiger charge is 2.05. The maximum atomic E-state index is 12.9. The van der Waals surface area contributed by atoms with Gasteiger partial charge >= 0.3 is 0 Å². The van der Waals surface area contributed by atoms with E-state index in [2.05, 4.69) is 11.9 Å². The van der Waals surface area contributed by atoms with Crippen molar-refractivity contribution in [1.82, 2.24) is 5.32 Å². The fourth-order valence-corrected chi connectivity index (χ4v) is 2.05. The van der Waals surface area contributed by atoms with E-state index in [4.69, 9.17) is 11.6 Å². The van der Waals surface area contributed by atoms with Crippen LogP contribution in [0.4, 0.5) is 8.78 Å². The molecular formula is C12H12ClF2NOS. The lowest BCUT2D eigenvalue weighted by molar-refractivity contribution is -0.120. The van der Waals surface area contributed by atoms with Gasteiger partial charge in [-0.1, -0.05) is 18.2 Å². The van der Waals surface area contributed by atoms with Crippen LogP contribution >= 0.6 is 23.4 Å². The summed E-state index contributed by atoms with van der Waals surface area (Å²) in [5.41, 5.74) is 0. The van der Waals surface area contributed by atoms with Crippen LogP contribution in [0.1, 0.15) is 6.42 Å². The average molecular weight is 292 g/mol. The van der Waals surface area contributed by atoms with Gasteiger partial charge in [0.1, 0.15) is 0 Å². The van der Waals surface area contributed by atoms with Crippen LogP contribution in [-0.2, 0) is 4.79 Å². The van der Waals surface area contributed by atoms with Crippen LogP contribution in [-0.4, -0.2) is 18.2 Å². The van der Waals surface area contributed by atoms with Gasteiger partial charge in [0.2, 0.25) is 5.91 Å². The third kappa shape index (κ3) is 5.51. The van der Waals surface area contributed by atoms with Crippen LogP contribution in [0.3, 0.4) is 0 Å². The van der Waals surface area contributed by atoms with Crippen molar-refractivity contribution in [1.29, 1.82) is 0 Å². The molecule has 1 aromatic carbocycles. The number of benzene rings is 1. The summed E-state index contributed by atoms with van der Waals surface area (Å²) in [6.07, 6.45) is 0.272. The Kier molecular flexibility index (Phi) is 6.15. The minimum Gasteiger partial charge on any atom is -0.351 e.